The smallest absolute Gasteiger partial charge is 0.234 e. The number of aryl methyl sites for hydroxylation is 2. The van der Waals surface area contributed by atoms with E-state index in [0.717, 1.165) is 42.1 Å². The molecule has 6 heteroatoms. The molecule has 0 aliphatic carbocycles. The zero-order chi connectivity index (χ0) is 17.4. The molecule has 1 aliphatic heterocycles. The number of likely N-dealkylation sites (tertiary alicyclic amines) is 1. The Bertz CT molecular complexity index is 913. The fourth-order valence-electron chi connectivity index (χ4n) is 3.62. The van der Waals surface area contributed by atoms with E-state index in [2.05, 4.69) is 37.0 Å². The van der Waals surface area contributed by atoms with Crippen LogP contribution in [0.4, 0.5) is 0 Å². The number of nitrogens with zero attached hydrogens (tertiary/aromatic N) is 4. The van der Waals surface area contributed by atoms with E-state index in [4.69, 9.17) is 4.98 Å². The number of hydrogen-bond acceptors (Lipinski definition) is 4. The van der Waals surface area contributed by atoms with E-state index in [1.165, 1.54) is 4.88 Å². The molecule has 4 rings (SSSR count). The molecule has 1 amide bonds. The summed E-state index contributed by atoms with van der Waals surface area (Å²) in [6.45, 7) is 4.95. The van der Waals surface area contributed by atoms with Gasteiger partial charge < -0.3 is 4.90 Å². The highest BCUT2D eigenvalue weighted by atomic mass is 32.1. The van der Waals surface area contributed by atoms with Crippen molar-refractivity contribution in [2.24, 2.45) is 0 Å². The van der Waals surface area contributed by atoms with E-state index in [1.54, 1.807) is 17.5 Å². The van der Waals surface area contributed by atoms with E-state index < -0.39 is 0 Å². The molecule has 0 radical (unpaired) electrons. The Morgan fingerprint density at radius 1 is 1.32 bits per heavy atom. The van der Waals surface area contributed by atoms with Gasteiger partial charge in [0.05, 0.1) is 18.2 Å². The SMILES string of the molecule is Cc1ccc(CC(=O)N2CCCC[C@H]2c2cc(C)n3ccnc3n2)s1. The molecule has 0 bridgehead atoms. The standard InChI is InChI=1S/C19H22N4OS/c1-13-11-16(21-19-20-8-10-22(13)19)17-5-3-4-9-23(17)18(24)12-15-7-6-14(2)25-15/h6-8,10-11,17H,3-5,9,12H2,1-2H3/t17-/m0/s1. The number of imidazole rings is 1. The monoisotopic (exact) mass is 354 g/mol. The van der Waals surface area contributed by atoms with Crippen LogP contribution >= 0.6 is 11.3 Å². The maximum Gasteiger partial charge on any atom is 0.234 e. The van der Waals surface area contributed by atoms with Gasteiger partial charge in [-0.15, -0.1) is 11.3 Å². The molecule has 3 aromatic heterocycles. The number of carbonyl (C=O) groups excluding carboxylic acids is 1. The second kappa shape index (κ2) is 6.59. The maximum atomic E-state index is 12.9. The Morgan fingerprint density at radius 2 is 2.20 bits per heavy atom. The van der Waals surface area contributed by atoms with Crippen molar-refractivity contribution >= 4 is 23.0 Å². The van der Waals surface area contributed by atoms with Gasteiger partial charge in [0.2, 0.25) is 11.7 Å². The Labute approximate surface area is 151 Å². The Kier molecular flexibility index (Phi) is 4.29. The molecule has 1 aliphatic rings. The first-order chi connectivity index (χ1) is 12.1. The second-order valence-corrected chi connectivity index (χ2v) is 8.08. The molecule has 1 saturated heterocycles. The maximum absolute atomic E-state index is 12.9. The van der Waals surface area contributed by atoms with Crippen LogP contribution in [0.2, 0.25) is 0 Å². The molecular formula is C19H22N4OS. The van der Waals surface area contributed by atoms with E-state index in [9.17, 15) is 4.79 Å². The third-order valence-electron chi connectivity index (χ3n) is 4.87. The normalized spacial score (nSPS) is 18.0. The molecule has 4 heterocycles. The summed E-state index contributed by atoms with van der Waals surface area (Å²) in [7, 11) is 0. The zero-order valence-electron chi connectivity index (χ0n) is 14.6. The lowest BCUT2D eigenvalue weighted by atomic mass is 9.98. The third kappa shape index (κ3) is 3.18. The molecular weight excluding hydrogens is 332 g/mol. The molecule has 5 nitrogen and oxygen atoms in total. The van der Waals surface area contributed by atoms with Crippen LogP contribution in [0, 0.1) is 13.8 Å². The number of amides is 1. The van der Waals surface area contributed by atoms with Crippen molar-refractivity contribution in [2.75, 3.05) is 6.54 Å². The molecule has 0 aromatic carbocycles. The largest absolute Gasteiger partial charge is 0.334 e. The predicted octanol–water partition coefficient (Wildman–Crippen LogP) is 3.70. The van der Waals surface area contributed by atoms with Crippen LogP contribution in [0.5, 0.6) is 0 Å². The van der Waals surface area contributed by atoms with Crippen molar-refractivity contribution in [1.82, 2.24) is 19.3 Å². The van der Waals surface area contributed by atoms with Crippen LogP contribution in [0.25, 0.3) is 5.78 Å². The quantitative estimate of drug-likeness (QED) is 0.720. The van der Waals surface area contributed by atoms with Gasteiger partial charge in [-0.2, -0.15) is 0 Å². The van der Waals surface area contributed by atoms with Crippen LogP contribution < -0.4 is 0 Å². The first-order valence-electron chi connectivity index (χ1n) is 8.77. The van der Waals surface area contributed by atoms with Crippen molar-refractivity contribution in [3.8, 4) is 0 Å². The molecule has 0 saturated carbocycles. The lowest BCUT2D eigenvalue weighted by molar-refractivity contribution is -0.134. The minimum absolute atomic E-state index is 0.0581. The Morgan fingerprint density at radius 3 is 3.00 bits per heavy atom. The minimum atomic E-state index is 0.0581. The van der Waals surface area contributed by atoms with Gasteiger partial charge in [0, 0.05) is 34.4 Å². The first kappa shape index (κ1) is 16.3. The van der Waals surface area contributed by atoms with Crippen molar-refractivity contribution in [2.45, 2.75) is 45.6 Å². The molecule has 130 valence electrons. The van der Waals surface area contributed by atoms with Crippen molar-refractivity contribution < 1.29 is 4.79 Å². The number of fused-ring (bicyclic) bond motifs is 1. The van der Waals surface area contributed by atoms with Gasteiger partial charge in [0.1, 0.15) is 0 Å². The average molecular weight is 354 g/mol. The van der Waals surface area contributed by atoms with E-state index in [0.29, 0.717) is 12.2 Å². The summed E-state index contributed by atoms with van der Waals surface area (Å²) in [5.41, 5.74) is 2.07. The van der Waals surface area contributed by atoms with Gasteiger partial charge in [-0.1, -0.05) is 0 Å². The number of piperidine rings is 1. The third-order valence-corrected chi connectivity index (χ3v) is 5.87. The lowest BCUT2D eigenvalue weighted by Gasteiger charge is -2.35. The van der Waals surface area contributed by atoms with Gasteiger partial charge in [0.25, 0.3) is 0 Å². The summed E-state index contributed by atoms with van der Waals surface area (Å²) in [4.78, 5) is 26.4. The molecule has 0 unspecified atom stereocenters. The fraction of sp³-hybridized carbons (Fsp3) is 0.421. The average Bonchev–Trinajstić information content (AvgIpc) is 3.24. The number of thiophene rings is 1. The van der Waals surface area contributed by atoms with Crippen molar-refractivity contribution in [1.29, 1.82) is 0 Å². The Hall–Kier alpha value is -2.21. The van der Waals surface area contributed by atoms with Crippen LogP contribution in [0.3, 0.4) is 0 Å². The zero-order valence-corrected chi connectivity index (χ0v) is 15.4. The molecule has 3 aromatic rings. The van der Waals surface area contributed by atoms with Crippen LogP contribution in [0.15, 0.2) is 30.6 Å². The number of aromatic nitrogens is 3. The highest BCUT2D eigenvalue weighted by Crippen LogP contribution is 2.31. The predicted molar refractivity (Wildman–Crippen MR) is 98.8 cm³/mol. The number of hydrogen-bond donors (Lipinski definition) is 0. The summed E-state index contributed by atoms with van der Waals surface area (Å²) < 4.78 is 1.98. The van der Waals surface area contributed by atoms with Gasteiger partial charge in [-0.25, -0.2) is 9.97 Å². The topological polar surface area (TPSA) is 50.5 Å². The number of carbonyl (C=O) groups is 1. The highest BCUT2D eigenvalue weighted by Gasteiger charge is 2.29. The van der Waals surface area contributed by atoms with Gasteiger partial charge in [0.15, 0.2) is 0 Å². The van der Waals surface area contributed by atoms with Crippen LogP contribution in [0.1, 0.15) is 46.4 Å². The molecule has 1 fully saturated rings. The van der Waals surface area contributed by atoms with Crippen LogP contribution in [-0.4, -0.2) is 31.7 Å². The van der Waals surface area contributed by atoms with Crippen LogP contribution in [-0.2, 0) is 11.2 Å². The summed E-state index contributed by atoms with van der Waals surface area (Å²) in [5, 5.41) is 0. The molecule has 0 N–H and O–H groups in total. The van der Waals surface area contributed by atoms with Gasteiger partial charge in [-0.05, 0) is 51.3 Å². The summed E-state index contributed by atoms with van der Waals surface area (Å²) in [5.74, 6) is 0.913. The molecule has 0 spiro atoms. The van der Waals surface area contributed by atoms with E-state index >= 15 is 0 Å². The number of rotatable bonds is 3. The van der Waals surface area contributed by atoms with E-state index in [1.807, 2.05) is 15.5 Å². The minimum Gasteiger partial charge on any atom is -0.334 e. The molecule has 1 atom stereocenters. The summed E-state index contributed by atoms with van der Waals surface area (Å²) >= 11 is 1.71. The van der Waals surface area contributed by atoms with E-state index in [-0.39, 0.29) is 11.9 Å². The van der Waals surface area contributed by atoms with Crippen molar-refractivity contribution in [3.63, 3.8) is 0 Å². The van der Waals surface area contributed by atoms with Gasteiger partial charge in [-0.3, -0.25) is 9.20 Å². The summed E-state index contributed by atoms with van der Waals surface area (Å²) in [6, 6.07) is 6.30. The first-order valence-corrected chi connectivity index (χ1v) is 9.59. The second-order valence-electron chi connectivity index (χ2n) is 6.71. The highest BCUT2D eigenvalue weighted by molar-refractivity contribution is 7.12. The Balaban J connectivity index is 1.62. The van der Waals surface area contributed by atoms with Crippen molar-refractivity contribution in [3.05, 3.63) is 51.7 Å². The lowest BCUT2D eigenvalue weighted by Crippen LogP contribution is -2.39. The van der Waals surface area contributed by atoms with Gasteiger partial charge >= 0.3 is 0 Å². The molecule has 25 heavy (non-hydrogen) atoms. The summed E-state index contributed by atoms with van der Waals surface area (Å²) in [6.07, 6.45) is 7.34. The fourth-order valence-corrected chi connectivity index (χ4v) is 4.51.